The van der Waals surface area contributed by atoms with Gasteiger partial charge in [0.05, 0.1) is 16.8 Å². The Balaban J connectivity index is 2.11. The topological polar surface area (TPSA) is 76.5 Å². The molecule has 0 atom stereocenters. The molecule has 6 heteroatoms. The van der Waals surface area contributed by atoms with Crippen LogP contribution >= 0.6 is 0 Å². The SMILES string of the molecule is CC(C)(C)OC(=O)c1cc(C(=O)c2ccccc2O)cnc1-c1ccc(F)cc1. The molecular formula is C23H20FNO4. The maximum absolute atomic E-state index is 13.3. The molecule has 0 spiro atoms. The first-order valence-electron chi connectivity index (χ1n) is 8.98. The van der Waals surface area contributed by atoms with Crippen molar-refractivity contribution in [3.05, 3.63) is 83.3 Å². The summed E-state index contributed by atoms with van der Waals surface area (Å²) in [5, 5.41) is 9.96. The van der Waals surface area contributed by atoms with Crippen LogP contribution in [-0.4, -0.2) is 27.4 Å². The minimum Gasteiger partial charge on any atom is -0.507 e. The third-order valence-corrected chi connectivity index (χ3v) is 4.04. The van der Waals surface area contributed by atoms with E-state index in [1.54, 1.807) is 32.9 Å². The zero-order valence-corrected chi connectivity index (χ0v) is 16.3. The highest BCUT2D eigenvalue weighted by atomic mass is 19.1. The molecule has 0 aliphatic rings. The fraction of sp³-hybridized carbons (Fsp3) is 0.174. The van der Waals surface area contributed by atoms with Gasteiger partial charge in [-0.15, -0.1) is 0 Å². The molecule has 5 nitrogen and oxygen atoms in total. The number of esters is 1. The zero-order valence-electron chi connectivity index (χ0n) is 16.3. The quantitative estimate of drug-likeness (QED) is 0.510. The molecule has 0 aliphatic carbocycles. The number of carbonyl (C=O) groups is 2. The van der Waals surface area contributed by atoms with Crippen LogP contribution in [0.4, 0.5) is 4.39 Å². The number of ketones is 1. The number of phenolic OH excluding ortho intramolecular Hbond substituents is 1. The number of aromatic nitrogens is 1. The summed E-state index contributed by atoms with van der Waals surface area (Å²) in [6, 6.07) is 13.0. The van der Waals surface area contributed by atoms with Crippen LogP contribution in [0.15, 0.2) is 60.8 Å². The van der Waals surface area contributed by atoms with Crippen molar-refractivity contribution in [3.63, 3.8) is 0 Å². The molecule has 0 fully saturated rings. The van der Waals surface area contributed by atoms with Gasteiger partial charge < -0.3 is 9.84 Å². The molecular weight excluding hydrogens is 373 g/mol. The van der Waals surface area contributed by atoms with Crippen molar-refractivity contribution in [2.75, 3.05) is 0 Å². The Kier molecular flexibility index (Phi) is 5.46. The fourth-order valence-electron chi connectivity index (χ4n) is 2.74. The number of para-hydroxylation sites is 1. The molecule has 1 aromatic heterocycles. The van der Waals surface area contributed by atoms with Crippen LogP contribution < -0.4 is 0 Å². The Labute approximate surface area is 167 Å². The van der Waals surface area contributed by atoms with Crippen LogP contribution in [0.5, 0.6) is 5.75 Å². The molecule has 0 radical (unpaired) electrons. The number of hydrogen-bond donors (Lipinski definition) is 1. The number of rotatable bonds is 4. The van der Waals surface area contributed by atoms with Crippen molar-refractivity contribution in [2.24, 2.45) is 0 Å². The molecule has 0 saturated carbocycles. The van der Waals surface area contributed by atoms with Gasteiger partial charge in [-0.05, 0) is 63.2 Å². The first kappa shape index (κ1) is 20.2. The second kappa shape index (κ2) is 7.83. The molecule has 0 amide bonds. The number of benzene rings is 2. The maximum atomic E-state index is 13.3. The van der Waals surface area contributed by atoms with Crippen LogP contribution in [0, 0.1) is 5.82 Å². The number of phenols is 1. The summed E-state index contributed by atoms with van der Waals surface area (Å²) in [6.07, 6.45) is 1.32. The molecule has 1 heterocycles. The monoisotopic (exact) mass is 393 g/mol. The number of pyridine rings is 1. The lowest BCUT2D eigenvalue weighted by Crippen LogP contribution is -2.24. The third kappa shape index (κ3) is 4.66. The summed E-state index contributed by atoms with van der Waals surface area (Å²) < 4.78 is 18.8. The second-order valence-corrected chi connectivity index (χ2v) is 7.48. The van der Waals surface area contributed by atoms with Crippen LogP contribution in [0.1, 0.15) is 47.1 Å². The Hall–Kier alpha value is -3.54. The number of carbonyl (C=O) groups excluding carboxylic acids is 2. The van der Waals surface area contributed by atoms with Crippen LogP contribution in [0.3, 0.4) is 0 Å². The van der Waals surface area contributed by atoms with Crippen molar-refractivity contribution in [2.45, 2.75) is 26.4 Å². The summed E-state index contributed by atoms with van der Waals surface area (Å²) in [7, 11) is 0. The molecule has 2 aromatic carbocycles. The Bertz CT molecular complexity index is 1070. The van der Waals surface area contributed by atoms with Gasteiger partial charge in [-0.1, -0.05) is 12.1 Å². The molecule has 0 aliphatic heterocycles. The van der Waals surface area contributed by atoms with E-state index in [1.807, 2.05) is 0 Å². The highest BCUT2D eigenvalue weighted by molar-refractivity contribution is 6.12. The van der Waals surface area contributed by atoms with Crippen molar-refractivity contribution < 1.29 is 23.8 Å². The van der Waals surface area contributed by atoms with Gasteiger partial charge in [-0.3, -0.25) is 9.78 Å². The van der Waals surface area contributed by atoms with E-state index in [0.717, 1.165) is 0 Å². The lowest BCUT2D eigenvalue weighted by atomic mass is 9.99. The van der Waals surface area contributed by atoms with Gasteiger partial charge >= 0.3 is 5.97 Å². The summed E-state index contributed by atoms with van der Waals surface area (Å²) in [6.45, 7) is 5.19. The van der Waals surface area contributed by atoms with Gasteiger partial charge in [-0.25, -0.2) is 9.18 Å². The zero-order chi connectivity index (χ0) is 21.2. The van der Waals surface area contributed by atoms with Crippen molar-refractivity contribution in [1.82, 2.24) is 4.98 Å². The van der Waals surface area contributed by atoms with Gasteiger partial charge in [0, 0.05) is 17.3 Å². The van der Waals surface area contributed by atoms with Crippen molar-refractivity contribution >= 4 is 11.8 Å². The Morgan fingerprint density at radius 1 is 1.00 bits per heavy atom. The largest absolute Gasteiger partial charge is 0.507 e. The standard InChI is InChI=1S/C23H20FNO4/c1-23(2,3)29-22(28)18-12-15(21(27)17-6-4-5-7-19(17)26)13-25-20(18)14-8-10-16(24)11-9-14/h4-13,26H,1-3H3. The predicted molar refractivity (Wildman–Crippen MR) is 106 cm³/mol. The van der Waals surface area contributed by atoms with E-state index in [0.29, 0.717) is 5.56 Å². The lowest BCUT2D eigenvalue weighted by molar-refractivity contribution is 0.00700. The van der Waals surface area contributed by atoms with Gasteiger partial charge in [0.25, 0.3) is 0 Å². The molecule has 0 bridgehead atoms. The van der Waals surface area contributed by atoms with E-state index >= 15 is 0 Å². The Morgan fingerprint density at radius 2 is 1.66 bits per heavy atom. The Morgan fingerprint density at radius 3 is 2.28 bits per heavy atom. The average Bonchev–Trinajstić information content (AvgIpc) is 2.67. The molecule has 3 aromatic rings. The van der Waals surface area contributed by atoms with Gasteiger partial charge in [0.2, 0.25) is 0 Å². The fourth-order valence-corrected chi connectivity index (χ4v) is 2.74. The van der Waals surface area contributed by atoms with Crippen LogP contribution in [-0.2, 0) is 4.74 Å². The normalized spacial score (nSPS) is 11.2. The predicted octanol–water partition coefficient (Wildman–Crippen LogP) is 4.78. The lowest BCUT2D eigenvalue weighted by Gasteiger charge is -2.20. The number of hydrogen-bond acceptors (Lipinski definition) is 5. The summed E-state index contributed by atoms with van der Waals surface area (Å²) in [5.74, 6) is -1.72. The summed E-state index contributed by atoms with van der Waals surface area (Å²) in [4.78, 5) is 29.9. The van der Waals surface area contributed by atoms with Gasteiger partial charge in [0.15, 0.2) is 5.78 Å². The first-order valence-corrected chi connectivity index (χ1v) is 8.98. The average molecular weight is 393 g/mol. The highest BCUT2D eigenvalue weighted by Gasteiger charge is 2.24. The highest BCUT2D eigenvalue weighted by Crippen LogP contribution is 2.27. The van der Waals surface area contributed by atoms with E-state index in [1.165, 1.54) is 48.7 Å². The molecule has 1 N–H and O–H groups in total. The van der Waals surface area contributed by atoms with E-state index in [2.05, 4.69) is 4.98 Å². The number of aromatic hydroxyl groups is 1. The first-order chi connectivity index (χ1) is 13.7. The molecule has 29 heavy (non-hydrogen) atoms. The van der Waals surface area contributed by atoms with E-state index in [-0.39, 0.29) is 28.1 Å². The third-order valence-electron chi connectivity index (χ3n) is 4.04. The molecule has 3 rings (SSSR count). The summed E-state index contributed by atoms with van der Waals surface area (Å²) in [5.41, 5.74) is 0.321. The summed E-state index contributed by atoms with van der Waals surface area (Å²) >= 11 is 0. The maximum Gasteiger partial charge on any atom is 0.340 e. The van der Waals surface area contributed by atoms with Gasteiger partial charge in [0.1, 0.15) is 17.2 Å². The van der Waals surface area contributed by atoms with Crippen molar-refractivity contribution in [1.29, 1.82) is 0 Å². The minimum absolute atomic E-state index is 0.0767. The number of ether oxygens (including phenoxy) is 1. The van der Waals surface area contributed by atoms with E-state index in [9.17, 15) is 19.1 Å². The minimum atomic E-state index is -0.755. The van der Waals surface area contributed by atoms with Crippen LogP contribution in [0.2, 0.25) is 0 Å². The number of halogens is 1. The van der Waals surface area contributed by atoms with E-state index in [4.69, 9.17) is 4.74 Å². The molecule has 0 unspecified atom stereocenters. The van der Waals surface area contributed by atoms with Crippen molar-refractivity contribution in [3.8, 4) is 17.0 Å². The number of nitrogens with zero attached hydrogens (tertiary/aromatic N) is 1. The molecule has 0 saturated heterocycles. The van der Waals surface area contributed by atoms with E-state index < -0.39 is 23.2 Å². The van der Waals surface area contributed by atoms with Gasteiger partial charge in [-0.2, -0.15) is 0 Å². The molecule has 148 valence electrons. The van der Waals surface area contributed by atoms with Crippen LogP contribution in [0.25, 0.3) is 11.3 Å². The second-order valence-electron chi connectivity index (χ2n) is 7.48. The smallest absolute Gasteiger partial charge is 0.340 e.